The van der Waals surface area contributed by atoms with Crippen molar-refractivity contribution in [2.24, 2.45) is 0 Å². The summed E-state index contributed by atoms with van der Waals surface area (Å²) >= 11 is 5.89. The van der Waals surface area contributed by atoms with E-state index in [-0.39, 0.29) is 38.9 Å². The predicted molar refractivity (Wildman–Crippen MR) is 126 cm³/mol. The van der Waals surface area contributed by atoms with Gasteiger partial charge in [0.25, 0.3) is 11.1 Å². The number of hydrogen-bond donors (Lipinski definition) is 1. The highest BCUT2D eigenvalue weighted by Gasteiger charge is 2.38. The second kappa shape index (κ2) is 10.3. The molecule has 0 aliphatic rings. The van der Waals surface area contributed by atoms with Gasteiger partial charge in [0.1, 0.15) is 17.3 Å². The van der Waals surface area contributed by atoms with Crippen molar-refractivity contribution in [3.63, 3.8) is 0 Å². The number of aromatic nitrogens is 4. The van der Waals surface area contributed by atoms with Crippen molar-refractivity contribution < 1.29 is 27.0 Å². The van der Waals surface area contributed by atoms with Gasteiger partial charge in [-0.15, -0.1) is 0 Å². The van der Waals surface area contributed by atoms with Crippen LogP contribution in [-0.4, -0.2) is 26.9 Å². The van der Waals surface area contributed by atoms with E-state index in [1.165, 1.54) is 31.4 Å². The van der Waals surface area contributed by atoms with E-state index in [0.29, 0.717) is 6.33 Å². The van der Waals surface area contributed by atoms with E-state index in [4.69, 9.17) is 26.3 Å². The molecule has 0 radical (unpaired) electrons. The predicted octanol–water partition coefficient (Wildman–Crippen LogP) is 4.53. The Morgan fingerprint density at radius 2 is 1.87 bits per heavy atom. The highest BCUT2D eigenvalue weighted by Crippen LogP contribution is 2.35. The van der Waals surface area contributed by atoms with Crippen molar-refractivity contribution in [3.8, 4) is 34.4 Å². The molecule has 1 N–H and O–H groups in total. The maximum atomic E-state index is 14.6. The molecule has 0 unspecified atom stereocenters. The smallest absolute Gasteiger partial charge is 0.437 e. The fourth-order valence-electron chi connectivity index (χ4n) is 3.42. The maximum absolute atomic E-state index is 14.6. The number of hydrogen-bond acceptors (Lipinski definition) is 7. The van der Waals surface area contributed by atoms with Crippen LogP contribution in [0.2, 0.25) is 5.02 Å². The molecule has 0 aliphatic heterocycles. The van der Waals surface area contributed by atoms with Crippen molar-refractivity contribution >= 4 is 11.6 Å². The highest BCUT2D eigenvalue weighted by molar-refractivity contribution is 6.30. The molecule has 4 aromatic rings. The fourth-order valence-corrected chi connectivity index (χ4v) is 3.65. The number of halogens is 5. The quantitative estimate of drug-likeness (QED) is 0.352. The van der Waals surface area contributed by atoms with Crippen LogP contribution in [0.3, 0.4) is 0 Å². The van der Waals surface area contributed by atoms with E-state index in [9.17, 15) is 27.2 Å². The summed E-state index contributed by atoms with van der Waals surface area (Å²) in [5.74, 6) is -2.02. The number of alkyl halides is 3. The average Bonchev–Trinajstić information content (AvgIpc) is 2.86. The first-order chi connectivity index (χ1) is 18.0. The summed E-state index contributed by atoms with van der Waals surface area (Å²) in [5.41, 5.74) is -3.83. The third kappa shape index (κ3) is 5.50. The van der Waals surface area contributed by atoms with Crippen LogP contribution >= 0.6 is 11.6 Å². The number of nitrogens with zero attached hydrogens (tertiary/aromatic N) is 4. The molecule has 0 fully saturated rings. The topological polar surface area (TPSA) is 123 Å². The number of methoxy groups -OCH3 is 1. The second-order valence-corrected chi connectivity index (χ2v) is 8.13. The standard InChI is InChI=1S/C24H14ClF4N5O4/c1-37-15-2-3-17(19(26)8-15)18-7-14(32-33-22(18)35)10-34-11-31-21(24(27,28)29)20(23(34)36)38-16-5-12(9-30)4-13(25)6-16/h2-8,11H,10H2,1H3,(H,33,35). The molecule has 0 saturated heterocycles. The molecule has 0 atom stereocenters. The van der Waals surface area contributed by atoms with Gasteiger partial charge in [-0.25, -0.2) is 14.5 Å². The molecule has 9 nitrogen and oxygen atoms in total. The first kappa shape index (κ1) is 26.4. The molecule has 0 spiro atoms. The van der Waals surface area contributed by atoms with Crippen LogP contribution in [0.5, 0.6) is 17.2 Å². The summed E-state index contributed by atoms with van der Waals surface area (Å²) in [4.78, 5) is 28.7. The first-order valence-electron chi connectivity index (χ1n) is 10.5. The zero-order valence-corrected chi connectivity index (χ0v) is 19.9. The molecular formula is C24H14ClF4N5O4. The van der Waals surface area contributed by atoms with Gasteiger partial charge < -0.3 is 9.47 Å². The molecule has 0 amide bonds. The van der Waals surface area contributed by atoms with Gasteiger partial charge in [-0.2, -0.15) is 23.5 Å². The van der Waals surface area contributed by atoms with E-state index in [2.05, 4.69) is 15.2 Å². The summed E-state index contributed by atoms with van der Waals surface area (Å²) in [5, 5.41) is 15.0. The van der Waals surface area contributed by atoms with E-state index in [0.717, 1.165) is 22.8 Å². The van der Waals surface area contributed by atoms with E-state index >= 15 is 0 Å². The second-order valence-electron chi connectivity index (χ2n) is 7.69. The molecule has 2 aromatic heterocycles. The summed E-state index contributed by atoms with van der Waals surface area (Å²) in [6.45, 7) is -0.457. The maximum Gasteiger partial charge on any atom is 0.437 e. The number of nitriles is 1. The number of H-pyrrole nitrogens is 1. The van der Waals surface area contributed by atoms with Crippen molar-refractivity contribution in [2.75, 3.05) is 7.11 Å². The monoisotopic (exact) mass is 547 g/mol. The van der Waals surface area contributed by atoms with Gasteiger partial charge in [-0.1, -0.05) is 11.6 Å². The van der Waals surface area contributed by atoms with Crippen LogP contribution in [0.1, 0.15) is 17.0 Å². The highest BCUT2D eigenvalue weighted by atomic mass is 35.5. The molecule has 0 saturated carbocycles. The van der Waals surface area contributed by atoms with Crippen molar-refractivity contribution in [2.45, 2.75) is 12.7 Å². The van der Waals surface area contributed by atoms with Gasteiger partial charge in [0.15, 0.2) is 5.69 Å². The SMILES string of the molecule is COc1ccc(-c2cc(Cn3cnc(C(F)(F)F)c(Oc4cc(Cl)cc(C#N)c4)c3=O)n[nH]c2=O)c(F)c1. The Morgan fingerprint density at radius 1 is 1.11 bits per heavy atom. The minimum Gasteiger partial charge on any atom is -0.497 e. The Kier molecular flexibility index (Phi) is 7.18. The minimum atomic E-state index is -5.06. The molecule has 2 aromatic carbocycles. The lowest BCUT2D eigenvalue weighted by Crippen LogP contribution is -2.27. The third-order valence-electron chi connectivity index (χ3n) is 5.14. The molecular weight excluding hydrogens is 534 g/mol. The number of rotatable bonds is 6. The van der Waals surface area contributed by atoms with Crippen molar-refractivity contribution in [3.05, 3.63) is 97.3 Å². The number of benzene rings is 2. The Balaban J connectivity index is 1.76. The Morgan fingerprint density at radius 3 is 2.53 bits per heavy atom. The Labute approximate surface area is 215 Å². The molecule has 14 heteroatoms. The van der Waals surface area contributed by atoms with Gasteiger partial charge in [-0.3, -0.25) is 14.2 Å². The first-order valence-corrected chi connectivity index (χ1v) is 10.9. The molecule has 194 valence electrons. The van der Waals surface area contributed by atoms with Crippen LogP contribution < -0.4 is 20.6 Å². The van der Waals surface area contributed by atoms with E-state index in [1.54, 1.807) is 6.07 Å². The van der Waals surface area contributed by atoms with Gasteiger partial charge in [-0.05, 0) is 36.4 Å². The summed E-state index contributed by atoms with van der Waals surface area (Å²) in [6, 6.07) is 10.2. The fraction of sp³-hybridized carbons (Fsp3) is 0.125. The molecule has 2 heterocycles. The molecule has 4 rings (SSSR count). The van der Waals surface area contributed by atoms with Gasteiger partial charge in [0.05, 0.1) is 42.9 Å². The van der Waals surface area contributed by atoms with Crippen LogP contribution in [0, 0.1) is 17.1 Å². The third-order valence-corrected chi connectivity index (χ3v) is 5.36. The lowest BCUT2D eigenvalue weighted by molar-refractivity contribution is -0.142. The number of aromatic amines is 1. The normalized spacial score (nSPS) is 11.2. The number of ether oxygens (including phenoxy) is 2. The number of nitrogens with one attached hydrogen (secondary N) is 1. The average molecular weight is 548 g/mol. The zero-order valence-electron chi connectivity index (χ0n) is 19.1. The van der Waals surface area contributed by atoms with Crippen molar-refractivity contribution in [1.29, 1.82) is 5.26 Å². The lowest BCUT2D eigenvalue weighted by Gasteiger charge is -2.15. The molecule has 38 heavy (non-hydrogen) atoms. The molecule has 0 bridgehead atoms. The van der Waals surface area contributed by atoms with Gasteiger partial charge >= 0.3 is 6.18 Å². The van der Waals surface area contributed by atoms with Crippen LogP contribution in [0.25, 0.3) is 11.1 Å². The van der Waals surface area contributed by atoms with Crippen LogP contribution in [-0.2, 0) is 12.7 Å². The Hall–Kier alpha value is -4.70. The van der Waals surface area contributed by atoms with Crippen LogP contribution in [0.15, 0.2) is 58.4 Å². The zero-order chi connectivity index (χ0) is 27.6. The van der Waals surface area contributed by atoms with Gasteiger partial charge in [0.2, 0.25) is 5.75 Å². The van der Waals surface area contributed by atoms with Crippen LogP contribution in [0.4, 0.5) is 17.6 Å². The van der Waals surface area contributed by atoms with E-state index in [1.807, 2.05) is 0 Å². The van der Waals surface area contributed by atoms with Gasteiger partial charge in [0, 0.05) is 16.7 Å². The largest absolute Gasteiger partial charge is 0.497 e. The molecule has 0 aliphatic carbocycles. The summed E-state index contributed by atoms with van der Waals surface area (Å²) < 4.78 is 66.4. The summed E-state index contributed by atoms with van der Waals surface area (Å²) in [7, 11) is 1.34. The summed E-state index contributed by atoms with van der Waals surface area (Å²) in [6.07, 6.45) is -4.42. The Bertz CT molecular complexity index is 1700. The van der Waals surface area contributed by atoms with E-state index < -0.39 is 41.1 Å². The lowest BCUT2D eigenvalue weighted by atomic mass is 10.1. The van der Waals surface area contributed by atoms with Crippen molar-refractivity contribution in [1.82, 2.24) is 19.7 Å². The minimum absolute atomic E-state index is 0.000973.